The molecule has 17 heavy (non-hydrogen) atoms. The number of imidazole rings is 1. The Kier molecular flexibility index (Phi) is 2.18. The molecule has 0 N–H and O–H groups in total. The molecule has 84 valence electrons. The van der Waals surface area contributed by atoms with Crippen molar-refractivity contribution in [2.24, 2.45) is 0 Å². The van der Waals surface area contributed by atoms with Gasteiger partial charge in [0.2, 0.25) is 0 Å². The van der Waals surface area contributed by atoms with Crippen LogP contribution in [0.15, 0.2) is 42.6 Å². The van der Waals surface area contributed by atoms with Gasteiger partial charge in [0.25, 0.3) is 0 Å². The van der Waals surface area contributed by atoms with E-state index >= 15 is 0 Å². The summed E-state index contributed by atoms with van der Waals surface area (Å²) in [4.78, 5) is 4.36. The van der Waals surface area contributed by atoms with Crippen molar-refractivity contribution in [1.29, 1.82) is 0 Å². The van der Waals surface area contributed by atoms with E-state index in [9.17, 15) is 0 Å². The Labute approximate surface area is 99.7 Å². The van der Waals surface area contributed by atoms with Gasteiger partial charge in [0.15, 0.2) is 5.65 Å². The van der Waals surface area contributed by atoms with E-state index in [1.807, 2.05) is 29.8 Å². The molecule has 0 amide bonds. The molecule has 3 aromatic rings. The van der Waals surface area contributed by atoms with Gasteiger partial charge in [-0.15, -0.1) is 0 Å². The lowest BCUT2D eigenvalue weighted by Gasteiger charge is -2.01. The van der Waals surface area contributed by atoms with Crippen molar-refractivity contribution in [3.8, 4) is 11.3 Å². The third-order valence-corrected chi connectivity index (χ3v) is 2.79. The summed E-state index contributed by atoms with van der Waals surface area (Å²) in [7, 11) is 0. The first-order valence-corrected chi connectivity index (χ1v) is 5.62. The van der Waals surface area contributed by atoms with E-state index in [0.29, 0.717) is 0 Å². The summed E-state index contributed by atoms with van der Waals surface area (Å²) in [5, 5.41) is 4.55. The average molecular weight is 223 g/mol. The Balaban J connectivity index is 2.13. The summed E-state index contributed by atoms with van der Waals surface area (Å²) in [6, 6.07) is 12.4. The van der Waals surface area contributed by atoms with Crippen molar-refractivity contribution in [3.05, 3.63) is 53.9 Å². The first-order chi connectivity index (χ1) is 8.22. The molecule has 0 saturated carbocycles. The number of hydrogen-bond acceptors (Lipinski definition) is 2. The molecule has 0 saturated heterocycles. The summed E-state index contributed by atoms with van der Waals surface area (Å²) in [6.45, 7) is 4.06. The molecule has 3 heteroatoms. The van der Waals surface area contributed by atoms with Gasteiger partial charge in [-0.3, -0.25) is 0 Å². The van der Waals surface area contributed by atoms with Gasteiger partial charge in [-0.1, -0.05) is 29.8 Å². The zero-order valence-electron chi connectivity index (χ0n) is 9.88. The Morgan fingerprint density at radius 3 is 2.47 bits per heavy atom. The van der Waals surface area contributed by atoms with Crippen LogP contribution in [0.3, 0.4) is 0 Å². The predicted molar refractivity (Wildman–Crippen MR) is 67.9 cm³/mol. The monoisotopic (exact) mass is 223 g/mol. The van der Waals surface area contributed by atoms with Crippen molar-refractivity contribution in [3.63, 3.8) is 0 Å². The normalized spacial score (nSPS) is 10.9. The van der Waals surface area contributed by atoms with Crippen LogP contribution in [0, 0.1) is 13.8 Å². The maximum absolute atomic E-state index is 4.55. The third-order valence-electron chi connectivity index (χ3n) is 2.79. The van der Waals surface area contributed by atoms with E-state index in [-0.39, 0.29) is 0 Å². The van der Waals surface area contributed by atoms with E-state index in [2.05, 4.69) is 41.3 Å². The molecule has 0 spiro atoms. The molecule has 0 bridgehead atoms. The molecule has 0 radical (unpaired) electrons. The highest BCUT2D eigenvalue weighted by Crippen LogP contribution is 2.17. The van der Waals surface area contributed by atoms with Crippen LogP contribution < -0.4 is 0 Å². The van der Waals surface area contributed by atoms with Gasteiger partial charge in [0.1, 0.15) is 0 Å². The maximum Gasteiger partial charge on any atom is 0.153 e. The first-order valence-electron chi connectivity index (χ1n) is 5.62. The number of nitrogens with zero attached hydrogens (tertiary/aromatic N) is 3. The highest BCUT2D eigenvalue weighted by Gasteiger charge is 2.02. The summed E-state index contributed by atoms with van der Waals surface area (Å²) in [5.41, 5.74) is 5.23. The lowest BCUT2D eigenvalue weighted by Crippen LogP contribution is -1.92. The Morgan fingerprint density at radius 1 is 0.941 bits per heavy atom. The van der Waals surface area contributed by atoms with Crippen molar-refractivity contribution in [2.75, 3.05) is 0 Å². The fourth-order valence-corrected chi connectivity index (χ4v) is 1.88. The summed E-state index contributed by atoms with van der Waals surface area (Å²) in [5.74, 6) is 0. The molecule has 0 atom stereocenters. The number of fused-ring (bicyclic) bond motifs is 1. The van der Waals surface area contributed by atoms with Crippen LogP contribution in [0.25, 0.3) is 16.9 Å². The van der Waals surface area contributed by atoms with Gasteiger partial charge in [0, 0.05) is 5.56 Å². The Hall–Kier alpha value is -2.16. The highest BCUT2D eigenvalue weighted by atomic mass is 15.2. The molecular formula is C14H13N3. The molecule has 0 aliphatic heterocycles. The van der Waals surface area contributed by atoms with Gasteiger partial charge >= 0.3 is 0 Å². The van der Waals surface area contributed by atoms with E-state index < -0.39 is 0 Å². The number of hydrogen-bond donors (Lipinski definition) is 0. The zero-order chi connectivity index (χ0) is 11.8. The molecule has 0 fully saturated rings. The van der Waals surface area contributed by atoms with Crippen LogP contribution in [-0.4, -0.2) is 14.6 Å². The number of rotatable bonds is 1. The fourth-order valence-electron chi connectivity index (χ4n) is 1.88. The van der Waals surface area contributed by atoms with Crippen molar-refractivity contribution in [1.82, 2.24) is 14.6 Å². The van der Waals surface area contributed by atoms with Gasteiger partial charge in [-0.2, -0.15) is 5.10 Å². The highest BCUT2D eigenvalue weighted by molar-refractivity contribution is 5.60. The summed E-state index contributed by atoms with van der Waals surface area (Å²) >= 11 is 0. The second-order valence-electron chi connectivity index (χ2n) is 4.27. The minimum atomic E-state index is 0.887. The molecular weight excluding hydrogens is 210 g/mol. The van der Waals surface area contributed by atoms with Crippen LogP contribution in [0.4, 0.5) is 0 Å². The zero-order valence-corrected chi connectivity index (χ0v) is 9.88. The van der Waals surface area contributed by atoms with Crippen LogP contribution >= 0.6 is 0 Å². The average Bonchev–Trinajstić information content (AvgIpc) is 2.69. The Bertz CT molecular complexity index is 666. The van der Waals surface area contributed by atoms with E-state index in [1.165, 1.54) is 5.56 Å². The molecule has 3 rings (SSSR count). The van der Waals surface area contributed by atoms with Crippen molar-refractivity contribution in [2.45, 2.75) is 13.8 Å². The molecule has 0 aliphatic rings. The minimum absolute atomic E-state index is 0.887. The number of aryl methyl sites for hydroxylation is 2. The van der Waals surface area contributed by atoms with Crippen LogP contribution in [-0.2, 0) is 0 Å². The maximum atomic E-state index is 4.55. The van der Waals surface area contributed by atoms with E-state index in [1.54, 1.807) is 0 Å². The lowest BCUT2D eigenvalue weighted by atomic mass is 10.1. The van der Waals surface area contributed by atoms with Crippen LogP contribution in [0.5, 0.6) is 0 Å². The van der Waals surface area contributed by atoms with Crippen LogP contribution in [0.2, 0.25) is 0 Å². The second-order valence-corrected chi connectivity index (χ2v) is 4.27. The molecule has 3 nitrogen and oxygen atoms in total. The molecule has 1 aromatic carbocycles. The van der Waals surface area contributed by atoms with Crippen molar-refractivity contribution >= 4 is 5.65 Å². The standard InChI is InChI=1S/C14H13N3/c1-10-3-5-12(6-4-10)13-7-8-14-15-11(2)9-17(14)16-13/h3-9H,1-2H3. The van der Waals surface area contributed by atoms with Gasteiger partial charge in [-0.05, 0) is 26.0 Å². The smallest absolute Gasteiger partial charge is 0.153 e. The quantitative estimate of drug-likeness (QED) is 0.634. The molecule has 2 heterocycles. The Morgan fingerprint density at radius 2 is 1.71 bits per heavy atom. The SMILES string of the molecule is Cc1ccc(-c2ccc3nc(C)cn3n2)cc1. The number of benzene rings is 1. The molecule has 0 unspecified atom stereocenters. The topological polar surface area (TPSA) is 30.2 Å². The first kappa shape index (κ1) is 10.0. The molecule has 2 aromatic heterocycles. The van der Waals surface area contributed by atoms with E-state index in [4.69, 9.17) is 0 Å². The largest absolute Gasteiger partial charge is 0.232 e. The van der Waals surface area contributed by atoms with Crippen LogP contribution in [0.1, 0.15) is 11.3 Å². The van der Waals surface area contributed by atoms with Gasteiger partial charge in [0.05, 0.1) is 17.6 Å². The van der Waals surface area contributed by atoms with Crippen molar-refractivity contribution < 1.29 is 0 Å². The second kappa shape index (κ2) is 3.70. The third kappa shape index (κ3) is 1.80. The fraction of sp³-hybridized carbons (Fsp3) is 0.143. The van der Waals surface area contributed by atoms with Gasteiger partial charge < -0.3 is 0 Å². The molecule has 0 aliphatic carbocycles. The summed E-state index contributed by atoms with van der Waals surface area (Å²) < 4.78 is 1.82. The van der Waals surface area contributed by atoms with Gasteiger partial charge in [-0.25, -0.2) is 9.50 Å². The number of aromatic nitrogens is 3. The summed E-state index contributed by atoms with van der Waals surface area (Å²) in [6.07, 6.45) is 1.94. The predicted octanol–water partition coefficient (Wildman–Crippen LogP) is 3.01. The minimum Gasteiger partial charge on any atom is -0.232 e. The van der Waals surface area contributed by atoms with E-state index in [0.717, 1.165) is 22.6 Å². The lowest BCUT2D eigenvalue weighted by molar-refractivity contribution is 0.941.